The average molecular weight is 385 g/mol. The van der Waals surface area contributed by atoms with Crippen LogP contribution >= 0.6 is 0 Å². The maximum Gasteiger partial charge on any atom is 0.360 e. The van der Waals surface area contributed by atoms with Crippen molar-refractivity contribution in [1.82, 2.24) is 0 Å². The Labute approximate surface area is 167 Å². The van der Waals surface area contributed by atoms with Gasteiger partial charge in [0.25, 0.3) is 0 Å². The third kappa shape index (κ3) is 18.1. The fourth-order valence-electron chi connectivity index (χ4n) is 2.89. The number of hydrogen-bond donors (Lipinski definition) is 0. The van der Waals surface area contributed by atoms with Crippen LogP contribution in [-0.4, -0.2) is 11.9 Å². The Morgan fingerprint density at radius 2 is 0.963 bits per heavy atom. The summed E-state index contributed by atoms with van der Waals surface area (Å²) in [6.45, 7) is 7.43. The quantitative estimate of drug-likeness (QED) is 0.159. The SMILES string of the molecule is CCCCCCCCCCCCCCCCCC(=O)OOC(=O)C(C)(C)C. The van der Waals surface area contributed by atoms with Gasteiger partial charge in [-0.2, -0.15) is 0 Å². The first-order valence-corrected chi connectivity index (χ1v) is 11.3. The number of carbonyl (C=O) groups excluding carboxylic acids is 2. The number of rotatable bonds is 16. The van der Waals surface area contributed by atoms with Gasteiger partial charge in [0.15, 0.2) is 0 Å². The zero-order valence-corrected chi connectivity index (χ0v) is 18.4. The molecule has 0 amide bonds. The second-order valence-electron chi connectivity index (χ2n) is 8.78. The molecule has 0 radical (unpaired) electrons. The normalized spacial score (nSPS) is 11.4. The van der Waals surface area contributed by atoms with Crippen LogP contribution in [0.5, 0.6) is 0 Å². The number of carbonyl (C=O) groups is 2. The summed E-state index contributed by atoms with van der Waals surface area (Å²) < 4.78 is 0. The lowest BCUT2D eigenvalue weighted by atomic mass is 9.98. The molecule has 27 heavy (non-hydrogen) atoms. The van der Waals surface area contributed by atoms with Crippen LogP contribution in [0.25, 0.3) is 0 Å². The van der Waals surface area contributed by atoms with Crippen molar-refractivity contribution in [3.05, 3.63) is 0 Å². The van der Waals surface area contributed by atoms with Crippen LogP contribution in [0.1, 0.15) is 130 Å². The highest BCUT2D eigenvalue weighted by Gasteiger charge is 2.25. The van der Waals surface area contributed by atoms with Gasteiger partial charge in [-0.15, -0.1) is 0 Å². The van der Waals surface area contributed by atoms with Gasteiger partial charge < -0.3 is 0 Å². The average Bonchev–Trinajstić information content (AvgIpc) is 2.62. The van der Waals surface area contributed by atoms with Crippen molar-refractivity contribution in [2.45, 2.75) is 130 Å². The van der Waals surface area contributed by atoms with Crippen molar-refractivity contribution < 1.29 is 19.4 Å². The molecule has 0 aromatic rings. The first kappa shape index (κ1) is 25.9. The molecule has 0 unspecified atom stereocenters. The van der Waals surface area contributed by atoms with Gasteiger partial charge in [0.05, 0.1) is 11.8 Å². The van der Waals surface area contributed by atoms with Crippen molar-refractivity contribution in [3.63, 3.8) is 0 Å². The van der Waals surface area contributed by atoms with Gasteiger partial charge in [-0.25, -0.2) is 19.4 Å². The molecule has 0 heterocycles. The van der Waals surface area contributed by atoms with Gasteiger partial charge in [-0.3, -0.25) is 0 Å². The summed E-state index contributed by atoms with van der Waals surface area (Å²) in [5.41, 5.74) is -0.658. The van der Waals surface area contributed by atoms with E-state index in [9.17, 15) is 9.59 Å². The van der Waals surface area contributed by atoms with Crippen LogP contribution in [0, 0.1) is 5.41 Å². The molecule has 0 aromatic heterocycles. The van der Waals surface area contributed by atoms with Crippen molar-refractivity contribution in [2.24, 2.45) is 5.41 Å². The number of unbranched alkanes of at least 4 members (excludes halogenated alkanes) is 14. The van der Waals surface area contributed by atoms with E-state index in [1.54, 1.807) is 20.8 Å². The Bertz CT molecular complexity index is 371. The van der Waals surface area contributed by atoms with Gasteiger partial charge in [-0.1, -0.05) is 96.8 Å². The van der Waals surface area contributed by atoms with Crippen LogP contribution in [0.3, 0.4) is 0 Å². The first-order valence-electron chi connectivity index (χ1n) is 11.3. The standard InChI is InChI=1S/C23H44O4/c1-5-6-7-8-9-10-11-12-13-14-15-16-17-18-19-20-21(24)26-27-22(25)23(2,3)4/h5-20H2,1-4H3. The maximum absolute atomic E-state index is 11.5. The Morgan fingerprint density at radius 1 is 0.593 bits per heavy atom. The number of hydrogen-bond acceptors (Lipinski definition) is 4. The molecule has 0 saturated heterocycles. The Kier molecular flexibility index (Phi) is 16.4. The predicted molar refractivity (Wildman–Crippen MR) is 111 cm³/mol. The molecular formula is C23H44O4. The molecule has 0 saturated carbocycles. The lowest BCUT2D eigenvalue weighted by Crippen LogP contribution is -2.24. The minimum Gasteiger partial charge on any atom is -0.247 e. The van der Waals surface area contributed by atoms with E-state index in [0.717, 1.165) is 19.3 Å². The molecule has 0 aliphatic rings. The summed E-state index contributed by atoms with van der Waals surface area (Å²) in [6, 6.07) is 0. The summed E-state index contributed by atoms with van der Waals surface area (Å²) >= 11 is 0. The van der Waals surface area contributed by atoms with E-state index in [4.69, 9.17) is 0 Å². The van der Waals surface area contributed by atoms with E-state index in [2.05, 4.69) is 16.7 Å². The molecule has 0 spiro atoms. The monoisotopic (exact) mass is 384 g/mol. The predicted octanol–water partition coefficient (Wildman–Crippen LogP) is 7.30. The summed E-state index contributed by atoms with van der Waals surface area (Å²) in [5, 5.41) is 0. The molecule has 160 valence electrons. The van der Waals surface area contributed by atoms with Gasteiger partial charge in [0.1, 0.15) is 0 Å². The van der Waals surface area contributed by atoms with Crippen LogP contribution in [0.2, 0.25) is 0 Å². The van der Waals surface area contributed by atoms with E-state index in [1.807, 2.05) is 0 Å². The summed E-state index contributed by atoms with van der Waals surface area (Å²) in [7, 11) is 0. The van der Waals surface area contributed by atoms with Gasteiger partial charge in [0, 0.05) is 0 Å². The van der Waals surface area contributed by atoms with E-state index in [1.165, 1.54) is 77.0 Å². The third-order valence-electron chi connectivity index (χ3n) is 4.81. The molecule has 0 rings (SSSR count). The third-order valence-corrected chi connectivity index (χ3v) is 4.81. The molecule has 4 heteroatoms. The van der Waals surface area contributed by atoms with Crippen molar-refractivity contribution in [1.29, 1.82) is 0 Å². The highest BCUT2D eigenvalue weighted by Crippen LogP contribution is 2.16. The molecule has 0 aliphatic carbocycles. The lowest BCUT2D eigenvalue weighted by molar-refractivity contribution is -0.265. The van der Waals surface area contributed by atoms with Gasteiger partial charge in [-0.05, 0) is 27.2 Å². The minimum atomic E-state index is -0.658. The fraction of sp³-hybridized carbons (Fsp3) is 0.913. The van der Waals surface area contributed by atoms with E-state index >= 15 is 0 Å². The van der Waals surface area contributed by atoms with Crippen LogP contribution in [0.15, 0.2) is 0 Å². The van der Waals surface area contributed by atoms with E-state index in [0.29, 0.717) is 6.42 Å². The van der Waals surface area contributed by atoms with Gasteiger partial charge in [0.2, 0.25) is 0 Å². The smallest absolute Gasteiger partial charge is 0.247 e. The molecule has 0 atom stereocenters. The Balaban J connectivity index is 3.27. The topological polar surface area (TPSA) is 52.6 Å². The molecule has 0 aliphatic heterocycles. The minimum absolute atomic E-state index is 0.315. The van der Waals surface area contributed by atoms with Crippen molar-refractivity contribution in [3.8, 4) is 0 Å². The van der Waals surface area contributed by atoms with E-state index in [-0.39, 0.29) is 0 Å². The summed E-state index contributed by atoms with van der Waals surface area (Å²) in [5.74, 6) is -0.977. The van der Waals surface area contributed by atoms with Crippen molar-refractivity contribution >= 4 is 11.9 Å². The van der Waals surface area contributed by atoms with Crippen LogP contribution < -0.4 is 0 Å². The molecule has 0 aromatic carbocycles. The van der Waals surface area contributed by atoms with Crippen LogP contribution in [-0.2, 0) is 19.4 Å². The first-order chi connectivity index (χ1) is 12.9. The highest BCUT2D eigenvalue weighted by atomic mass is 17.2. The Morgan fingerprint density at radius 3 is 1.33 bits per heavy atom. The summed E-state index contributed by atoms with van der Waals surface area (Å²) in [4.78, 5) is 32.1. The lowest BCUT2D eigenvalue weighted by Gasteiger charge is -2.14. The second kappa shape index (κ2) is 17.1. The largest absolute Gasteiger partial charge is 0.360 e. The molecule has 4 nitrogen and oxygen atoms in total. The highest BCUT2D eigenvalue weighted by molar-refractivity contribution is 5.76. The molecular weight excluding hydrogens is 340 g/mol. The second-order valence-corrected chi connectivity index (χ2v) is 8.78. The van der Waals surface area contributed by atoms with Crippen LogP contribution in [0.4, 0.5) is 0 Å². The maximum atomic E-state index is 11.5. The van der Waals surface area contributed by atoms with Gasteiger partial charge >= 0.3 is 11.9 Å². The van der Waals surface area contributed by atoms with E-state index < -0.39 is 17.4 Å². The summed E-state index contributed by atoms with van der Waals surface area (Å²) in [6.07, 6.45) is 19.7. The molecule has 0 bridgehead atoms. The zero-order valence-electron chi connectivity index (χ0n) is 18.4. The fourth-order valence-corrected chi connectivity index (χ4v) is 2.89. The zero-order chi connectivity index (χ0) is 20.4. The molecule has 0 fully saturated rings. The molecule has 0 N–H and O–H groups in total. The van der Waals surface area contributed by atoms with Crippen molar-refractivity contribution in [2.75, 3.05) is 0 Å². The Hall–Kier alpha value is -1.06.